The van der Waals surface area contributed by atoms with Crippen LogP contribution in [0, 0.1) is 24.5 Å². The van der Waals surface area contributed by atoms with Crippen molar-refractivity contribution in [3.8, 4) is 0 Å². The summed E-state index contributed by atoms with van der Waals surface area (Å²) >= 11 is 0. The molecule has 3 aromatic rings. The summed E-state index contributed by atoms with van der Waals surface area (Å²) in [4.78, 5) is 30.9. The number of hydrogen-bond acceptors (Lipinski definition) is 3. The fourth-order valence-electron chi connectivity index (χ4n) is 2.93. The largest absolute Gasteiger partial charge is 0.349 e. The highest BCUT2D eigenvalue weighted by Crippen LogP contribution is 2.19. The van der Waals surface area contributed by atoms with Crippen molar-refractivity contribution in [3.05, 3.63) is 75.0 Å². The Kier molecular flexibility index (Phi) is 4.98. The van der Waals surface area contributed by atoms with Crippen molar-refractivity contribution in [1.29, 1.82) is 0 Å². The van der Waals surface area contributed by atoms with E-state index >= 15 is 0 Å². The van der Waals surface area contributed by atoms with Crippen molar-refractivity contribution in [3.63, 3.8) is 0 Å². The molecule has 0 aliphatic heterocycles. The third kappa shape index (κ3) is 3.84. The minimum absolute atomic E-state index is 0.123. The molecule has 0 spiro atoms. The number of carbonyl (C=O) groups excluding carboxylic acids is 1. The maximum Gasteiger partial charge on any atom is 0.252 e. The molecule has 1 atom stereocenters. The van der Waals surface area contributed by atoms with E-state index in [4.69, 9.17) is 0 Å². The number of H-pyrrole nitrogens is 1. The number of rotatable bonds is 4. The van der Waals surface area contributed by atoms with Gasteiger partial charge in [-0.05, 0) is 37.6 Å². The second kappa shape index (κ2) is 7.22. The van der Waals surface area contributed by atoms with Gasteiger partial charge in [0.2, 0.25) is 11.9 Å². The zero-order valence-corrected chi connectivity index (χ0v) is 14.6. The molecule has 5 nitrogen and oxygen atoms in total. The van der Waals surface area contributed by atoms with E-state index in [9.17, 15) is 22.8 Å². The number of nitrogens with zero attached hydrogens (tertiary/aromatic N) is 1. The molecule has 8 heteroatoms. The molecule has 140 valence electrons. The van der Waals surface area contributed by atoms with Crippen LogP contribution in [0.2, 0.25) is 0 Å². The van der Waals surface area contributed by atoms with Crippen LogP contribution in [0.15, 0.2) is 35.1 Å². The van der Waals surface area contributed by atoms with E-state index in [1.54, 1.807) is 13.8 Å². The molecule has 2 N–H and O–H groups in total. The maximum atomic E-state index is 13.8. The minimum atomic E-state index is -0.776. The lowest BCUT2D eigenvalue weighted by atomic mass is 10.0. The summed E-state index contributed by atoms with van der Waals surface area (Å²) < 4.78 is 40.2. The van der Waals surface area contributed by atoms with Gasteiger partial charge in [-0.1, -0.05) is 6.07 Å². The lowest BCUT2D eigenvalue weighted by molar-refractivity contribution is -0.121. The average molecular weight is 375 g/mol. The molecule has 0 bridgehead atoms. The van der Waals surface area contributed by atoms with Crippen molar-refractivity contribution in [1.82, 2.24) is 15.3 Å². The second-order valence-electron chi connectivity index (χ2n) is 6.22. The van der Waals surface area contributed by atoms with Crippen LogP contribution in [-0.4, -0.2) is 15.9 Å². The van der Waals surface area contributed by atoms with Crippen molar-refractivity contribution >= 4 is 16.9 Å². The van der Waals surface area contributed by atoms with Gasteiger partial charge in [-0.15, -0.1) is 0 Å². The third-order valence-corrected chi connectivity index (χ3v) is 4.34. The van der Waals surface area contributed by atoms with E-state index in [-0.39, 0.29) is 23.1 Å². The summed E-state index contributed by atoms with van der Waals surface area (Å²) in [5.74, 6) is -2.72. The number of hydrogen-bond donors (Lipinski definition) is 2. The van der Waals surface area contributed by atoms with Gasteiger partial charge in [-0.2, -0.15) is 4.39 Å². The molecular formula is C19H16F3N3O2. The number of nitrogens with one attached hydrogen (secondary N) is 2. The number of pyridine rings is 2. The number of aromatic amines is 1. The number of aromatic nitrogens is 2. The minimum Gasteiger partial charge on any atom is -0.349 e. The van der Waals surface area contributed by atoms with Crippen molar-refractivity contribution in [2.75, 3.05) is 0 Å². The van der Waals surface area contributed by atoms with Gasteiger partial charge in [0.25, 0.3) is 5.56 Å². The summed E-state index contributed by atoms with van der Waals surface area (Å²) in [6.07, 6.45) is -0.289. The Labute approximate surface area is 152 Å². The summed E-state index contributed by atoms with van der Waals surface area (Å²) in [6.45, 7) is 3.12. The van der Waals surface area contributed by atoms with E-state index in [0.717, 1.165) is 18.2 Å². The summed E-state index contributed by atoms with van der Waals surface area (Å²) in [6, 6.07) is 4.87. The maximum absolute atomic E-state index is 13.8. The van der Waals surface area contributed by atoms with Gasteiger partial charge in [0.15, 0.2) is 0 Å². The Bertz CT molecular complexity index is 1100. The first-order valence-corrected chi connectivity index (χ1v) is 8.18. The first-order chi connectivity index (χ1) is 12.8. The monoisotopic (exact) mass is 375 g/mol. The predicted octanol–water partition coefficient (Wildman–Crippen LogP) is 3.07. The van der Waals surface area contributed by atoms with Gasteiger partial charge in [-0.3, -0.25) is 9.59 Å². The zero-order chi connectivity index (χ0) is 19.7. The molecule has 1 amide bonds. The number of amides is 1. The van der Waals surface area contributed by atoms with Crippen LogP contribution < -0.4 is 10.9 Å². The molecule has 0 saturated heterocycles. The average Bonchev–Trinajstić information content (AvgIpc) is 2.59. The molecule has 3 rings (SSSR count). The van der Waals surface area contributed by atoms with Gasteiger partial charge in [0.1, 0.15) is 11.6 Å². The second-order valence-corrected chi connectivity index (χ2v) is 6.22. The first-order valence-electron chi connectivity index (χ1n) is 8.18. The molecule has 2 aromatic heterocycles. The van der Waals surface area contributed by atoms with Gasteiger partial charge in [0.05, 0.1) is 23.5 Å². The summed E-state index contributed by atoms with van der Waals surface area (Å²) in [5, 5.41) is 2.57. The van der Waals surface area contributed by atoms with Crippen molar-refractivity contribution in [2.24, 2.45) is 0 Å². The smallest absolute Gasteiger partial charge is 0.252 e. The Morgan fingerprint density at radius 3 is 2.67 bits per heavy atom. The van der Waals surface area contributed by atoms with E-state index in [0.29, 0.717) is 11.1 Å². The molecule has 27 heavy (non-hydrogen) atoms. The van der Waals surface area contributed by atoms with E-state index < -0.39 is 35.1 Å². The highest BCUT2D eigenvalue weighted by molar-refractivity contribution is 5.83. The predicted molar refractivity (Wildman–Crippen MR) is 93.7 cm³/mol. The highest BCUT2D eigenvalue weighted by atomic mass is 19.1. The number of benzene rings is 1. The Morgan fingerprint density at radius 2 is 1.96 bits per heavy atom. The van der Waals surface area contributed by atoms with Crippen LogP contribution >= 0.6 is 0 Å². The topological polar surface area (TPSA) is 74.8 Å². The van der Waals surface area contributed by atoms with Crippen LogP contribution in [0.1, 0.15) is 29.7 Å². The first kappa shape index (κ1) is 18.6. The Hall–Kier alpha value is -3.16. The SMILES string of the molecule is Cc1c(CC(=O)N[C@@H](C)c2ccc(F)cc2F)c(=O)[nH]c2ccc(F)nc12. The van der Waals surface area contributed by atoms with Gasteiger partial charge in [-0.25, -0.2) is 13.8 Å². The fraction of sp³-hybridized carbons (Fsp3) is 0.211. The highest BCUT2D eigenvalue weighted by Gasteiger charge is 2.18. The van der Waals surface area contributed by atoms with E-state index in [1.165, 1.54) is 12.1 Å². The van der Waals surface area contributed by atoms with Crippen molar-refractivity contribution < 1.29 is 18.0 Å². The van der Waals surface area contributed by atoms with Gasteiger partial charge in [0, 0.05) is 17.2 Å². The van der Waals surface area contributed by atoms with E-state index in [1.807, 2.05) is 0 Å². The normalized spacial score (nSPS) is 12.2. The van der Waals surface area contributed by atoms with Crippen LogP contribution in [0.25, 0.3) is 11.0 Å². The summed E-state index contributed by atoms with van der Waals surface area (Å²) in [5.41, 5.74) is 0.801. The standard InChI is InChI=1S/C19H16F3N3O2/c1-9-13(19(27)24-15-5-6-16(22)25-18(9)15)8-17(26)23-10(2)12-4-3-11(20)7-14(12)21/h3-7,10H,8H2,1-2H3,(H,23,26)(H,24,27)/t10-/m0/s1. The van der Waals surface area contributed by atoms with Crippen LogP contribution in [0.3, 0.4) is 0 Å². The quantitative estimate of drug-likeness (QED) is 0.689. The summed E-state index contributed by atoms with van der Waals surface area (Å²) in [7, 11) is 0. The molecule has 0 saturated carbocycles. The number of carbonyl (C=O) groups is 1. The Morgan fingerprint density at radius 1 is 1.22 bits per heavy atom. The van der Waals surface area contributed by atoms with Crippen LogP contribution in [-0.2, 0) is 11.2 Å². The molecule has 0 aliphatic rings. The molecular weight excluding hydrogens is 359 g/mol. The molecule has 0 unspecified atom stereocenters. The number of fused-ring (bicyclic) bond motifs is 1. The number of halogens is 3. The van der Waals surface area contributed by atoms with Gasteiger partial charge >= 0.3 is 0 Å². The number of aryl methyl sites for hydroxylation is 1. The van der Waals surface area contributed by atoms with Crippen LogP contribution in [0.4, 0.5) is 13.2 Å². The third-order valence-electron chi connectivity index (χ3n) is 4.34. The van der Waals surface area contributed by atoms with E-state index in [2.05, 4.69) is 15.3 Å². The molecule has 1 aromatic carbocycles. The molecule has 0 radical (unpaired) electrons. The van der Waals surface area contributed by atoms with Crippen molar-refractivity contribution in [2.45, 2.75) is 26.3 Å². The van der Waals surface area contributed by atoms with Crippen LogP contribution in [0.5, 0.6) is 0 Å². The molecule has 0 aliphatic carbocycles. The lowest BCUT2D eigenvalue weighted by Gasteiger charge is -2.16. The molecule has 0 fully saturated rings. The Balaban J connectivity index is 1.84. The zero-order valence-electron chi connectivity index (χ0n) is 14.6. The van der Waals surface area contributed by atoms with Gasteiger partial charge < -0.3 is 10.3 Å². The lowest BCUT2D eigenvalue weighted by Crippen LogP contribution is -2.31. The molecule has 2 heterocycles. The fourth-order valence-corrected chi connectivity index (χ4v) is 2.93.